The summed E-state index contributed by atoms with van der Waals surface area (Å²) in [4.78, 5) is 13.0. The number of aliphatic hydroxyl groups is 5. The molecule has 9 nitrogen and oxygen atoms in total. The third-order valence-corrected chi connectivity index (χ3v) is 13.4. The second-order valence-electron chi connectivity index (χ2n) is 19.4. The highest BCUT2D eigenvalue weighted by Gasteiger charge is 2.44. The van der Waals surface area contributed by atoms with E-state index in [2.05, 4.69) is 19.2 Å². The normalized spacial score (nSPS) is 20.1. The van der Waals surface area contributed by atoms with Crippen molar-refractivity contribution < 1.29 is 39.8 Å². The lowest BCUT2D eigenvalue weighted by molar-refractivity contribution is -0.302. The second-order valence-corrected chi connectivity index (χ2v) is 19.4. The number of aliphatic hydroxyl groups excluding tert-OH is 5. The molecule has 2 unspecified atom stereocenters. The number of nitrogens with one attached hydrogen (secondary N) is 1. The van der Waals surface area contributed by atoms with Crippen LogP contribution in [0.25, 0.3) is 0 Å². The first-order chi connectivity index (χ1) is 30.8. The highest BCUT2D eigenvalue weighted by atomic mass is 16.7. The summed E-state index contributed by atoms with van der Waals surface area (Å²) in [5.74, 6) is -0.172. The van der Waals surface area contributed by atoms with Crippen molar-refractivity contribution >= 4 is 5.91 Å². The van der Waals surface area contributed by atoms with Crippen LogP contribution in [0.3, 0.4) is 0 Å². The molecule has 9 heteroatoms. The Morgan fingerprint density at radius 2 is 0.873 bits per heavy atom. The third kappa shape index (κ3) is 34.8. The summed E-state index contributed by atoms with van der Waals surface area (Å²) in [7, 11) is 0. The van der Waals surface area contributed by atoms with Crippen LogP contribution in [0.2, 0.25) is 0 Å². The van der Waals surface area contributed by atoms with Crippen molar-refractivity contribution in [2.75, 3.05) is 13.2 Å². The molecular weight excluding hydrogens is 791 g/mol. The highest BCUT2D eigenvalue weighted by Crippen LogP contribution is 2.23. The molecule has 374 valence electrons. The number of hydrogen-bond donors (Lipinski definition) is 6. The predicted molar refractivity (Wildman–Crippen MR) is 263 cm³/mol. The van der Waals surface area contributed by atoms with E-state index in [1.54, 1.807) is 6.08 Å². The Bertz CT molecular complexity index is 997. The van der Waals surface area contributed by atoms with E-state index in [-0.39, 0.29) is 12.5 Å². The molecule has 63 heavy (non-hydrogen) atoms. The number of carbonyl (C=O) groups is 1. The number of carbonyl (C=O) groups excluding carboxylic acids is 1. The lowest BCUT2D eigenvalue weighted by atomic mass is 9.99. The highest BCUT2D eigenvalue weighted by molar-refractivity contribution is 5.76. The van der Waals surface area contributed by atoms with E-state index in [1.807, 2.05) is 6.08 Å². The van der Waals surface area contributed by atoms with Crippen LogP contribution in [0.4, 0.5) is 0 Å². The summed E-state index contributed by atoms with van der Waals surface area (Å²) >= 11 is 0. The maximum atomic E-state index is 13.0. The van der Waals surface area contributed by atoms with Gasteiger partial charge in [-0.15, -0.1) is 0 Å². The molecule has 7 atom stereocenters. The quantitative estimate of drug-likeness (QED) is 0.0261. The molecule has 1 amide bonds. The van der Waals surface area contributed by atoms with Crippen LogP contribution in [0.5, 0.6) is 0 Å². The molecule has 1 heterocycles. The van der Waals surface area contributed by atoms with Gasteiger partial charge in [-0.1, -0.05) is 257 Å². The Balaban J connectivity index is 2.12. The first-order valence-electron chi connectivity index (χ1n) is 27.4. The summed E-state index contributed by atoms with van der Waals surface area (Å²) in [6.07, 6.45) is 47.2. The van der Waals surface area contributed by atoms with Crippen LogP contribution in [0.15, 0.2) is 12.2 Å². The Morgan fingerprint density at radius 3 is 1.24 bits per heavy atom. The van der Waals surface area contributed by atoms with Crippen LogP contribution < -0.4 is 5.32 Å². The minimum Gasteiger partial charge on any atom is -0.394 e. The lowest BCUT2D eigenvalue weighted by Crippen LogP contribution is -2.60. The SMILES string of the molecule is CCCCCCCCCCC/C=C/[C@@H](O)[C@H](CO[C@@H]1O[C@H](CO)[C@H](O)C(O)C1O)NC(=O)CCCCCCCCCCCCCCCCCCCCCCCCCCCCCCC. The van der Waals surface area contributed by atoms with E-state index in [9.17, 15) is 30.3 Å². The molecular formula is C54H105NO8. The standard InChI is InChI=1S/C54H105NO8/c1-3-5-7-9-11-13-15-16-17-18-19-20-21-22-23-24-25-26-27-28-29-30-31-32-34-36-38-40-42-44-50(58)55-47(46-62-54-53(61)52(60)51(59)49(45-56)63-54)48(57)43-41-39-37-35-33-14-12-10-8-6-4-2/h41,43,47-49,51-54,56-57,59-61H,3-40,42,44-46H2,1-2H3,(H,55,58)/b43-41+/t47-,48+,49+,51-,52?,53?,54+/m0/s1. The zero-order valence-corrected chi connectivity index (χ0v) is 41.4. The zero-order valence-electron chi connectivity index (χ0n) is 41.4. The van der Waals surface area contributed by atoms with Gasteiger partial charge in [-0.05, 0) is 19.3 Å². The van der Waals surface area contributed by atoms with E-state index < -0.39 is 49.5 Å². The first-order valence-corrected chi connectivity index (χ1v) is 27.4. The first kappa shape index (κ1) is 59.9. The van der Waals surface area contributed by atoms with E-state index in [1.165, 1.54) is 212 Å². The third-order valence-electron chi connectivity index (χ3n) is 13.4. The van der Waals surface area contributed by atoms with Gasteiger partial charge in [0, 0.05) is 6.42 Å². The molecule has 0 aromatic rings. The van der Waals surface area contributed by atoms with Crippen molar-refractivity contribution in [1.29, 1.82) is 0 Å². The second kappa shape index (κ2) is 44.7. The Hall–Kier alpha value is -1.07. The predicted octanol–water partition coefficient (Wildman–Crippen LogP) is 12.8. The molecule has 0 aromatic carbocycles. The Kier molecular flexibility index (Phi) is 42.6. The smallest absolute Gasteiger partial charge is 0.220 e. The van der Waals surface area contributed by atoms with Crippen molar-refractivity contribution in [3.8, 4) is 0 Å². The molecule has 0 bridgehead atoms. The molecule has 1 saturated heterocycles. The fraction of sp³-hybridized carbons (Fsp3) is 0.944. The van der Waals surface area contributed by atoms with Gasteiger partial charge in [0.15, 0.2) is 6.29 Å². The number of amides is 1. The van der Waals surface area contributed by atoms with Gasteiger partial charge in [-0.25, -0.2) is 0 Å². The fourth-order valence-electron chi connectivity index (χ4n) is 8.98. The minimum absolute atomic E-state index is 0.172. The van der Waals surface area contributed by atoms with Gasteiger partial charge in [0.1, 0.15) is 24.4 Å². The van der Waals surface area contributed by atoms with Gasteiger partial charge >= 0.3 is 0 Å². The van der Waals surface area contributed by atoms with Crippen molar-refractivity contribution in [2.24, 2.45) is 0 Å². The number of allylic oxidation sites excluding steroid dienone is 1. The topological polar surface area (TPSA) is 149 Å². The Morgan fingerprint density at radius 1 is 0.524 bits per heavy atom. The number of rotatable bonds is 47. The van der Waals surface area contributed by atoms with Crippen LogP contribution in [0, 0.1) is 0 Å². The molecule has 0 saturated carbocycles. The summed E-state index contributed by atoms with van der Waals surface area (Å²) in [6, 6.07) is -0.798. The van der Waals surface area contributed by atoms with Crippen molar-refractivity contribution in [2.45, 2.75) is 314 Å². The van der Waals surface area contributed by atoms with Gasteiger partial charge in [0.05, 0.1) is 25.4 Å². The molecule has 6 N–H and O–H groups in total. The molecule has 1 aliphatic heterocycles. The summed E-state index contributed by atoms with van der Waals surface area (Å²) in [6.45, 7) is 3.79. The molecule has 1 rings (SSSR count). The van der Waals surface area contributed by atoms with Crippen LogP contribution >= 0.6 is 0 Å². The van der Waals surface area contributed by atoms with E-state index >= 15 is 0 Å². The van der Waals surface area contributed by atoms with Gasteiger partial charge in [-0.2, -0.15) is 0 Å². The minimum atomic E-state index is -1.56. The summed E-state index contributed by atoms with van der Waals surface area (Å²) < 4.78 is 11.2. The van der Waals surface area contributed by atoms with E-state index in [0.29, 0.717) is 6.42 Å². The molecule has 1 fully saturated rings. The largest absolute Gasteiger partial charge is 0.394 e. The number of unbranched alkanes of at least 4 members (excludes halogenated alkanes) is 37. The van der Waals surface area contributed by atoms with Crippen molar-refractivity contribution in [3.05, 3.63) is 12.2 Å². The molecule has 0 radical (unpaired) electrons. The maximum absolute atomic E-state index is 13.0. The zero-order chi connectivity index (χ0) is 45.9. The van der Waals surface area contributed by atoms with Crippen LogP contribution in [0.1, 0.15) is 271 Å². The van der Waals surface area contributed by atoms with Gasteiger partial charge < -0.3 is 40.3 Å². The van der Waals surface area contributed by atoms with Crippen molar-refractivity contribution in [3.63, 3.8) is 0 Å². The molecule has 0 spiro atoms. The van der Waals surface area contributed by atoms with E-state index in [4.69, 9.17) is 9.47 Å². The average molecular weight is 896 g/mol. The molecule has 0 aromatic heterocycles. The van der Waals surface area contributed by atoms with Gasteiger partial charge in [-0.3, -0.25) is 4.79 Å². The Labute approximate surface area is 388 Å². The van der Waals surface area contributed by atoms with E-state index in [0.717, 1.165) is 38.5 Å². The molecule has 1 aliphatic rings. The molecule has 0 aliphatic carbocycles. The van der Waals surface area contributed by atoms with Crippen molar-refractivity contribution in [1.82, 2.24) is 5.32 Å². The van der Waals surface area contributed by atoms with Gasteiger partial charge in [0.2, 0.25) is 5.91 Å². The summed E-state index contributed by atoms with van der Waals surface area (Å²) in [5, 5.41) is 54.2. The van der Waals surface area contributed by atoms with Crippen LogP contribution in [-0.4, -0.2) is 87.5 Å². The number of hydrogen-bond acceptors (Lipinski definition) is 8. The average Bonchev–Trinajstić information content (AvgIpc) is 3.28. The van der Waals surface area contributed by atoms with Gasteiger partial charge in [0.25, 0.3) is 0 Å². The van der Waals surface area contributed by atoms with Crippen LogP contribution in [-0.2, 0) is 14.3 Å². The fourth-order valence-corrected chi connectivity index (χ4v) is 8.98. The maximum Gasteiger partial charge on any atom is 0.220 e. The number of ether oxygens (including phenoxy) is 2. The monoisotopic (exact) mass is 896 g/mol. The lowest BCUT2D eigenvalue weighted by Gasteiger charge is -2.40. The summed E-state index contributed by atoms with van der Waals surface area (Å²) in [5.41, 5.74) is 0.